The highest BCUT2D eigenvalue weighted by Crippen LogP contribution is 2.26. The molecule has 2 nitrogen and oxygen atoms in total. The monoisotopic (exact) mass is 291 g/mol. The summed E-state index contributed by atoms with van der Waals surface area (Å²) in [6.07, 6.45) is 0. The predicted octanol–water partition coefficient (Wildman–Crippen LogP) is 4.40. The van der Waals surface area contributed by atoms with E-state index in [0.29, 0.717) is 11.5 Å². The number of halogens is 2. The molecule has 0 saturated carbocycles. The van der Waals surface area contributed by atoms with Gasteiger partial charge in [0.25, 0.3) is 0 Å². The molecule has 3 rings (SSSR count). The minimum atomic E-state index is -0.271. The van der Waals surface area contributed by atoms with Crippen molar-refractivity contribution >= 4 is 27.0 Å². The molecule has 0 bridgehead atoms. The Bertz CT molecular complexity index is 675. The van der Waals surface area contributed by atoms with Gasteiger partial charge in [0.2, 0.25) is 5.89 Å². The van der Waals surface area contributed by atoms with Gasteiger partial charge in [-0.05, 0) is 42.5 Å². The summed E-state index contributed by atoms with van der Waals surface area (Å²) in [5.41, 5.74) is 2.25. The lowest BCUT2D eigenvalue weighted by molar-refractivity contribution is 0.616. The van der Waals surface area contributed by atoms with Crippen LogP contribution in [0.4, 0.5) is 4.39 Å². The summed E-state index contributed by atoms with van der Waals surface area (Å²) in [6, 6.07) is 11.7. The second-order valence-electron chi connectivity index (χ2n) is 3.64. The average molecular weight is 292 g/mol. The molecule has 1 aromatic heterocycles. The molecule has 17 heavy (non-hydrogen) atoms. The SMILES string of the molecule is Fc1ccc(-c2nc3cc(Br)ccc3o2)cc1. The quantitative estimate of drug-likeness (QED) is 0.664. The zero-order valence-electron chi connectivity index (χ0n) is 8.65. The molecule has 0 unspecified atom stereocenters. The number of fused-ring (bicyclic) bond motifs is 1. The van der Waals surface area contributed by atoms with Gasteiger partial charge >= 0.3 is 0 Å². The molecule has 0 saturated heterocycles. The first-order chi connectivity index (χ1) is 8.22. The minimum absolute atomic E-state index is 0.271. The van der Waals surface area contributed by atoms with Crippen molar-refractivity contribution in [3.8, 4) is 11.5 Å². The van der Waals surface area contributed by atoms with E-state index in [0.717, 1.165) is 15.6 Å². The van der Waals surface area contributed by atoms with Crippen LogP contribution in [0.2, 0.25) is 0 Å². The average Bonchev–Trinajstić information content (AvgIpc) is 2.72. The van der Waals surface area contributed by atoms with Crippen molar-refractivity contribution in [2.75, 3.05) is 0 Å². The molecule has 0 N–H and O–H groups in total. The maximum Gasteiger partial charge on any atom is 0.227 e. The third-order valence-electron chi connectivity index (χ3n) is 2.44. The van der Waals surface area contributed by atoms with Crippen molar-refractivity contribution in [3.05, 3.63) is 52.8 Å². The molecule has 0 aliphatic heterocycles. The zero-order chi connectivity index (χ0) is 11.8. The Labute approximate surface area is 105 Å². The smallest absolute Gasteiger partial charge is 0.227 e. The Morgan fingerprint density at radius 3 is 2.59 bits per heavy atom. The van der Waals surface area contributed by atoms with Gasteiger partial charge in [0.1, 0.15) is 11.3 Å². The van der Waals surface area contributed by atoms with Crippen LogP contribution in [0.5, 0.6) is 0 Å². The Kier molecular flexibility index (Phi) is 2.44. The standard InChI is InChI=1S/C13H7BrFNO/c14-9-3-6-12-11(7-9)16-13(17-12)8-1-4-10(15)5-2-8/h1-7H. The first-order valence-electron chi connectivity index (χ1n) is 5.04. The van der Waals surface area contributed by atoms with Crippen LogP contribution >= 0.6 is 15.9 Å². The molecule has 0 atom stereocenters. The van der Waals surface area contributed by atoms with Crippen LogP contribution in [0.25, 0.3) is 22.6 Å². The van der Waals surface area contributed by atoms with Gasteiger partial charge in [0, 0.05) is 10.0 Å². The number of rotatable bonds is 1. The summed E-state index contributed by atoms with van der Waals surface area (Å²) in [6.45, 7) is 0. The normalized spacial score (nSPS) is 10.9. The topological polar surface area (TPSA) is 26.0 Å². The third-order valence-corrected chi connectivity index (χ3v) is 2.93. The minimum Gasteiger partial charge on any atom is -0.436 e. The first-order valence-corrected chi connectivity index (χ1v) is 5.84. The number of hydrogen-bond donors (Lipinski definition) is 0. The summed E-state index contributed by atoms with van der Waals surface area (Å²) in [7, 11) is 0. The molecule has 0 amide bonds. The van der Waals surface area contributed by atoms with Crippen molar-refractivity contribution in [2.24, 2.45) is 0 Å². The van der Waals surface area contributed by atoms with Gasteiger partial charge in [-0.3, -0.25) is 0 Å². The number of nitrogens with zero attached hydrogens (tertiary/aromatic N) is 1. The third kappa shape index (κ3) is 1.96. The van der Waals surface area contributed by atoms with E-state index in [2.05, 4.69) is 20.9 Å². The van der Waals surface area contributed by atoms with Crippen molar-refractivity contribution in [1.29, 1.82) is 0 Å². The predicted molar refractivity (Wildman–Crippen MR) is 67.1 cm³/mol. The van der Waals surface area contributed by atoms with Gasteiger partial charge in [-0.15, -0.1) is 0 Å². The molecule has 3 aromatic rings. The highest BCUT2D eigenvalue weighted by Gasteiger charge is 2.08. The fourth-order valence-electron chi connectivity index (χ4n) is 1.62. The van der Waals surface area contributed by atoms with E-state index in [1.54, 1.807) is 12.1 Å². The van der Waals surface area contributed by atoms with Gasteiger partial charge in [-0.1, -0.05) is 15.9 Å². The van der Waals surface area contributed by atoms with Crippen molar-refractivity contribution in [1.82, 2.24) is 4.98 Å². The van der Waals surface area contributed by atoms with Gasteiger partial charge in [-0.25, -0.2) is 9.37 Å². The Balaban J connectivity index is 2.14. The molecule has 0 radical (unpaired) electrons. The van der Waals surface area contributed by atoms with E-state index in [9.17, 15) is 4.39 Å². The number of aromatic nitrogens is 1. The molecule has 84 valence electrons. The van der Waals surface area contributed by atoms with Crippen molar-refractivity contribution < 1.29 is 8.81 Å². The van der Waals surface area contributed by atoms with Crippen molar-refractivity contribution in [2.45, 2.75) is 0 Å². The Morgan fingerprint density at radius 1 is 1.06 bits per heavy atom. The summed E-state index contributed by atoms with van der Waals surface area (Å²) in [4.78, 5) is 4.35. The second-order valence-corrected chi connectivity index (χ2v) is 4.55. The molecule has 0 spiro atoms. The van der Waals surface area contributed by atoms with Gasteiger partial charge in [0.05, 0.1) is 0 Å². The lowest BCUT2D eigenvalue weighted by atomic mass is 10.2. The van der Waals surface area contributed by atoms with Crippen LogP contribution in [0, 0.1) is 5.82 Å². The lowest BCUT2D eigenvalue weighted by Gasteiger charge is -1.93. The van der Waals surface area contributed by atoms with Gasteiger partial charge in [0.15, 0.2) is 5.58 Å². The van der Waals surface area contributed by atoms with E-state index in [1.807, 2.05) is 18.2 Å². The van der Waals surface area contributed by atoms with Gasteiger partial charge < -0.3 is 4.42 Å². The van der Waals surface area contributed by atoms with Gasteiger partial charge in [-0.2, -0.15) is 0 Å². The Hall–Kier alpha value is -1.68. The molecule has 0 fully saturated rings. The molecular formula is C13H7BrFNO. The fourth-order valence-corrected chi connectivity index (χ4v) is 1.97. The van der Waals surface area contributed by atoms with E-state index < -0.39 is 0 Å². The largest absolute Gasteiger partial charge is 0.436 e. The summed E-state index contributed by atoms with van der Waals surface area (Å²) < 4.78 is 19.3. The molecular weight excluding hydrogens is 285 g/mol. The lowest BCUT2D eigenvalue weighted by Crippen LogP contribution is -1.77. The maximum atomic E-state index is 12.8. The van der Waals surface area contributed by atoms with E-state index in [1.165, 1.54) is 12.1 Å². The fraction of sp³-hybridized carbons (Fsp3) is 0. The van der Waals surface area contributed by atoms with E-state index in [4.69, 9.17) is 4.42 Å². The van der Waals surface area contributed by atoms with Crippen LogP contribution in [-0.4, -0.2) is 4.98 Å². The van der Waals surface area contributed by atoms with Crippen LogP contribution in [0.3, 0.4) is 0 Å². The van der Waals surface area contributed by atoms with Crippen molar-refractivity contribution in [3.63, 3.8) is 0 Å². The first kappa shape index (κ1) is 10.5. The van der Waals surface area contributed by atoms with Crippen LogP contribution in [0.1, 0.15) is 0 Å². The van der Waals surface area contributed by atoms with E-state index >= 15 is 0 Å². The number of oxazole rings is 1. The number of benzene rings is 2. The summed E-state index contributed by atoms with van der Waals surface area (Å²) >= 11 is 3.38. The zero-order valence-corrected chi connectivity index (χ0v) is 10.2. The van der Waals surface area contributed by atoms with Crippen LogP contribution in [-0.2, 0) is 0 Å². The van der Waals surface area contributed by atoms with Crippen LogP contribution < -0.4 is 0 Å². The van der Waals surface area contributed by atoms with Crippen LogP contribution in [0.15, 0.2) is 51.4 Å². The highest BCUT2D eigenvalue weighted by atomic mass is 79.9. The highest BCUT2D eigenvalue weighted by molar-refractivity contribution is 9.10. The van der Waals surface area contributed by atoms with E-state index in [-0.39, 0.29) is 5.82 Å². The Morgan fingerprint density at radius 2 is 1.82 bits per heavy atom. The molecule has 4 heteroatoms. The molecule has 0 aliphatic carbocycles. The number of hydrogen-bond acceptors (Lipinski definition) is 2. The molecule has 1 heterocycles. The summed E-state index contributed by atoms with van der Waals surface area (Å²) in [5.74, 6) is 0.228. The maximum absolute atomic E-state index is 12.8. The summed E-state index contributed by atoms with van der Waals surface area (Å²) in [5, 5.41) is 0. The molecule has 2 aromatic carbocycles. The second kappa shape index (κ2) is 3.96. The molecule has 0 aliphatic rings.